The Kier molecular flexibility index (Phi) is 11.1. The Bertz CT molecular complexity index is 1000. The van der Waals surface area contributed by atoms with E-state index in [1.165, 1.54) is 11.1 Å². The van der Waals surface area contributed by atoms with Gasteiger partial charge in [-0.2, -0.15) is 0 Å². The van der Waals surface area contributed by atoms with Gasteiger partial charge >= 0.3 is 0 Å². The minimum Gasteiger partial charge on any atom is -0.399 e. The largest absolute Gasteiger partial charge is 0.399 e. The molecule has 2 N–H and O–H groups in total. The van der Waals surface area contributed by atoms with Gasteiger partial charge in [-0.1, -0.05) is 98.2 Å². The summed E-state index contributed by atoms with van der Waals surface area (Å²) in [5.74, 6) is 0. The van der Waals surface area contributed by atoms with Gasteiger partial charge in [0, 0.05) is 18.9 Å². The van der Waals surface area contributed by atoms with Crippen molar-refractivity contribution in [3.63, 3.8) is 0 Å². The van der Waals surface area contributed by atoms with Gasteiger partial charge in [0.1, 0.15) is 0 Å². The van der Waals surface area contributed by atoms with Crippen LogP contribution >= 0.6 is 0 Å². The molecule has 0 radical (unpaired) electrons. The molecule has 1 aromatic carbocycles. The lowest BCUT2D eigenvalue weighted by Gasteiger charge is -2.08. The quantitative estimate of drug-likeness (QED) is 0.221. The van der Waals surface area contributed by atoms with E-state index in [4.69, 9.17) is 5.73 Å². The van der Waals surface area contributed by atoms with Crippen LogP contribution in [0, 0.1) is 0 Å². The third-order valence-corrected chi connectivity index (χ3v) is 4.89. The van der Waals surface area contributed by atoms with E-state index in [1.807, 2.05) is 67.9 Å². The summed E-state index contributed by atoms with van der Waals surface area (Å²) in [6.45, 7) is 7.97. The average Bonchev–Trinajstić information content (AvgIpc) is 2.80. The zero-order valence-electron chi connectivity index (χ0n) is 19.1. The van der Waals surface area contributed by atoms with Gasteiger partial charge in [0.05, 0.1) is 0 Å². The fraction of sp³-hybridized carbons (Fsp3) is 0.167. The van der Waals surface area contributed by atoms with Crippen LogP contribution in [-0.2, 0) is 0 Å². The van der Waals surface area contributed by atoms with Crippen LogP contribution in [0.1, 0.15) is 31.2 Å². The van der Waals surface area contributed by atoms with Crippen molar-refractivity contribution < 1.29 is 0 Å². The number of anilines is 1. The monoisotopic (exact) mass is 422 g/mol. The molecule has 0 heterocycles. The molecule has 1 aromatic rings. The molecule has 1 aliphatic carbocycles. The van der Waals surface area contributed by atoms with Crippen LogP contribution in [-0.4, -0.2) is 13.3 Å². The molecular formula is C30H34N2. The number of nitrogens with zero attached hydrogens (tertiary/aromatic N) is 1. The number of hydrogen-bond acceptors (Lipinski definition) is 2. The zero-order chi connectivity index (χ0) is 23.0. The highest BCUT2D eigenvalue weighted by Gasteiger charge is 2.03. The first kappa shape index (κ1) is 24.6. The second kappa shape index (κ2) is 14.4. The molecule has 2 rings (SSSR count). The maximum atomic E-state index is 5.83. The first-order valence-electron chi connectivity index (χ1n) is 11.0. The lowest BCUT2D eigenvalue weighted by Crippen LogP contribution is -1.89. The molecule has 2 nitrogen and oxygen atoms in total. The number of benzene rings is 1. The average molecular weight is 423 g/mol. The minimum atomic E-state index is 0.746. The van der Waals surface area contributed by atoms with E-state index in [-0.39, 0.29) is 0 Å². The second-order valence-electron chi connectivity index (χ2n) is 7.46. The SMILES string of the molecule is C=C/C=C\C=C(\C(=C)/C=C\C=C/CC/C(C=NC)=C/C1=CCCC=C1)c1ccc(N)cc1. The molecule has 0 amide bonds. The maximum absolute atomic E-state index is 5.83. The van der Waals surface area contributed by atoms with E-state index in [1.54, 1.807) is 6.08 Å². The van der Waals surface area contributed by atoms with Crippen molar-refractivity contribution in [1.82, 2.24) is 0 Å². The van der Waals surface area contributed by atoms with Crippen molar-refractivity contribution in [2.24, 2.45) is 4.99 Å². The number of nitrogens with two attached hydrogens (primary N) is 1. The van der Waals surface area contributed by atoms with E-state index >= 15 is 0 Å². The van der Waals surface area contributed by atoms with Crippen LogP contribution in [0.3, 0.4) is 0 Å². The molecular weight excluding hydrogens is 388 g/mol. The fourth-order valence-corrected chi connectivity index (χ4v) is 3.26. The first-order chi connectivity index (χ1) is 15.6. The van der Waals surface area contributed by atoms with Crippen LogP contribution in [0.25, 0.3) is 5.57 Å². The lowest BCUT2D eigenvalue weighted by molar-refractivity contribution is 1.01. The number of hydrogen-bond donors (Lipinski definition) is 1. The molecule has 0 fully saturated rings. The summed E-state index contributed by atoms with van der Waals surface area (Å²) in [4.78, 5) is 4.20. The molecule has 0 saturated carbocycles. The summed E-state index contributed by atoms with van der Waals surface area (Å²) in [6.07, 6.45) is 31.0. The Morgan fingerprint density at radius 2 is 1.91 bits per heavy atom. The highest BCUT2D eigenvalue weighted by atomic mass is 14.6. The summed E-state index contributed by atoms with van der Waals surface area (Å²) >= 11 is 0. The Hall–Kier alpha value is -3.65. The van der Waals surface area contributed by atoms with Gasteiger partial charge < -0.3 is 5.73 Å². The van der Waals surface area contributed by atoms with Crippen LogP contribution in [0.2, 0.25) is 0 Å². The van der Waals surface area contributed by atoms with Gasteiger partial charge in [0.25, 0.3) is 0 Å². The molecule has 1 aliphatic rings. The zero-order valence-corrected chi connectivity index (χ0v) is 19.1. The molecule has 0 unspecified atom stereocenters. The molecule has 0 aromatic heterocycles. The lowest BCUT2D eigenvalue weighted by atomic mass is 9.97. The Morgan fingerprint density at radius 1 is 1.09 bits per heavy atom. The highest BCUT2D eigenvalue weighted by molar-refractivity contribution is 5.82. The summed E-state index contributed by atoms with van der Waals surface area (Å²) < 4.78 is 0. The smallest absolute Gasteiger partial charge is 0.0314 e. The number of rotatable bonds is 11. The highest BCUT2D eigenvalue weighted by Crippen LogP contribution is 2.24. The van der Waals surface area contributed by atoms with Crippen LogP contribution in [0.4, 0.5) is 5.69 Å². The molecule has 0 atom stereocenters. The van der Waals surface area contributed by atoms with E-state index < -0.39 is 0 Å². The van der Waals surface area contributed by atoms with Crippen molar-refractivity contribution in [3.05, 3.63) is 133 Å². The van der Waals surface area contributed by atoms with Crippen LogP contribution < -0.4 is 5.73 Å². The van der Waals surface area contributed by atoms with E-state index in [0.717, 1.165) is 48.1 Å². The first-order valence-corrected chi connectivity index (χ1v) is 11.0. The number of nitrogen functional groups attached to an aromatic ring is 1. The Labute approximate surface area is 193 Å². The Balaban J connectivity index is 1.99. The fourth-order valence-electron chi connectivity index (χ4n) is 3.26. The van der Waals surface area contributed by atoms with Gasteiger partial charge in [-0.3, -0.25) is 4.99 Å². The molecule has 0 spiro atoms. The Morgan fingerprint density at radius 3 is 2.59 bits per heavy atom. The van der Waals surface area contributed by atoms with Crippen molar-refractivity contribution in [2.45, 2.75) is 25.7 Å². The van der Waals surface area contributed by atoms with Crippen molar-refractivity contribution >= 4 is 17.5 Å². The topological polar surface area (TPSA) is 38.4 Å². The van der Waals surface area contributed by atoms with Gasteiger partial charge in [-0.05, 0) is 65.7 Å². The minimum absolute atomic E-state index is 0.746. The van der Waals surface area contributed by atoms with Crippen LogP contribution in [0.5, 0.6) is 0 Å². The molecule has 164 valence electrons. The summed E-state index contributed by atoms with van der Waals surface area (Å²) in [7, 11) is 1.82. The van der Waals surface area contributed by atoms with E-state index in [9.17, 15) is 0 Å². The number of allylic oxidation sites excluding steroid dienone is 16. The van der Waals surface area contributed by atoms with Gasteiger partial charge in [0.15, 0.2) is 0 Å². The molecule has 32 heavy (non-hydrogen) atoms. The molecule has 2 heteroatoms. The molecule has 0 saturated heterocycles. The van der Waals surface area contributed by atoms with Crippen molar-refractivity contribution in [1.29, 1.82) is 0 Å². The molecule has 0 bridgehead atoms. The van der Waals surface area contributed by atoms with Crippen LogP contribution in [0.15, 0.2) is 132 Å². The van der Waals surface area contributed by atoms with E-state index in [0.29, 0.717) is 0 Å². The third kappa shape index (κ3) is 9.01. The third-order valence-electron chi connectivity index (χ3n) is 4.89. The second-order valence-corrected chi connectivity index (χ2v) is 7.46. The molecule has 0 aliphatic heterocycles. The summed E-state index contributed by atoms with van der Waals surface area (Å²) in [6, 6.07) is 7.83. The predicted octanol–water partition coefficient (Wildman–Crippen LogP) is 7.75. The number of aliphatic imine (C=N–C) groups is 1. The van der Waals surface area contributed by atoms with Crippen molar-refractivity contribution in [3.8, 4) is 0 Å². The predicted molar refractivity (Wildman–Crippen MR) is 144 cm³/mol. The normalized spacial score (nSPS) is 15.3. The van der Waals surface area contributed by atoms with E-state index in [2.05, 4.69) is 54.6 Å². The summed E-state index contributed by atoms with van der Waals surface area (Å²) in [5.41, 5.74) is 12.2. The maximum Gasteiger partial charge on any atom is 0.0314 e. The van der Waals surface area contributed by atoms with Gasteiger partial charge in [0.2, 0.25) is 0 Å². The van der Waals surface area contributed by atoms with Gasteiger partial charge in [-0.25, -0.2) is 0 Å². The summed E-state index contributed by atoms with van der Waals surface area (Å²) in [5, 5.41) is 0. The van der Waals surface area contributed by atoms with Crippen molar-refractivity contribution in [2.75, 3.05) is 12.8 Å². The standard InChI is InChI=1S/C30H34N2/c1-4-5-9-18-30(28-19-21-29(31)22-20-28)25(2)14-10-6-7-11-17-27(24-32-3)23-26-15-12-8-13-16-26/h4-7,9-10,12,14-16,18-24H,1-2,8,11,13,17,31H2,3H3/b7-6-,9-5-,14-10-,27-23-,30-18-,32-24?. The van der Waals surface area contributed by atoms with Gasteiger partial charge in [-0.15, -0.1) is 0 Å².